The average Bonchev–Trinajstić information content (AvgIpc) is 3.42. The molecule has 300 valence electrons. The number of benzene rings is 3. The highest BCUT2D eigenvalue weighted by Gasteiger charge is 2.51. The van der Waals surface area contributed by atoms with Gasteiger partial charge in [-0.25, -0.2) is 4.98 Å². The molecule has 0 saturated carbocycles. The van der Waals surface area contributed by atoms with E-state index < -0.39 is 53.1 Å². The molecular weight excluding hydrogens is 800 g/mol. The van der Waals surface area contributed by atoms with E-state index >= 15 is 4.79 Å². The predicted octanol–water partition coefficient (Wildman–Crippen LogP) is 8.20. The fourth-order valence-electron chi connectivity index (χ4n) is 8.12. The van der Waals surface area contributed by atoms with Crippen LogP contribution < -0.4 is 25.0 Å². The zero-order valence-corrected chi connectivity index (χ0v) is 34.8. The third-order valence-electron chi connectivity index (χ3n) is 11.0. The Morgan fingerprint density at radius 2 is 1.79 bits per heavy atom. The van der Waals surface area contributed by atoms with E-state index in [9.17, 15) is 14.4 Å². The van der Waals surface area contributed by atoms with Crippen molar-refractivity contribution in [1.29, 1.82) is 0 Å². The van der Waals surface area contributed by atoms with Gasteiger partial charge in [0.05, 0.1) is 30.4 Å². The molecule has 7 rings (SSSR count). The molecule has 3 unspecified atom stereocenters. The smallest absolute Gasteiger partial charge is 0.312 e. The minimum Gasteiger partial charge on any atom is -0.494 e. The van der Waals surface area contributed by atoms with Crippen LogP contribution >= 0.6 is 15.9 Å². The number of carbonyl (C=O) groups is 3. The molecular formula is C43H45BrN2O11. The van der Waals surface area contributed by atoms with E-state index in [1.807, 2.05) is 19.1 Å². The largest absolute Gasteiger partial charge is 0.494 e. The number of ketones is 1. The van der Waals surface area contributed by atoms with Crippen molar-refractivity contribution in [2.75, 3.05) is 19.5 Å². The Morgan fingerprint density at radius 1 is 1.04 bits per heavy atom. The third-order valence-corrected chi connectivity index (χ3v) is 11.4. The Kier molecular flexibility index (Phi) is 10.7. The first-order valence-electron chi connectivity index (χ1n) is 18.8. The van der Waals surface area contributed by atoms with Gasteiger partial charge in [-0.15, -0.1) is 0 Å². The van der Waals surface area contributed by atoms with Crippen molar-refractivity contribution >= 4 is 61.1 Å². The number of hydrogen-bond acceptors (Lipinski definition) is 12. The molecule has 0 saturated heterocycles. The van der Waals surface area contributed by atoms with Crippen LogP contribution in [0.1, 0.15) is 70.3 Å². The Hall–Kier alpha value is -5.21. The standard InChI is InChI=1S/C43H45BrN2O11/c1-19-11-10-12-21(3)42(50)46-35-36(48)31-30(34-40(35)55-28-18-25(44)17-27(52-9)33(28)45-34)32-39-23(5)38(31)56-29(16-20(2)15-19)37(54-24(6)47)22(4)26(51-8)13-14-53-43(7,57-39)41(32)49/h10-14,17-20,22,26,29,37H,15-16H2,1-9H3,(H,46,50)/b11-10+,14-13+,21-12-/t19?,20-,22-,26+,29?,37?,43+/m1/s1. The number of allylic oxidation sites excluding steroid dienone is 3. The van der Waals surface area contributed by atoms with Gasteiger partial charge in [-0.3, -0.25) is 19.2 Å². The number of nitrogens with zero attached hydrogens (tertiary/aromatic N) is 1. The van der Waals surface area contributed by atoms with Crippen LogP contribution in [0.4, 0.5) is 5.69 Å². The van der Waals surface area contributed by atoms with Crippen molar-refractivity contribution in [1.82, 2.24) is 4.98 Å². The lowest BCUT2D eigenvalue weighted by Crippen LogP contribution is -2.45. The van der Waals surface area contributed by atoms with Crippen molar-refractivity contribution in [2.45, 2.75) is 85.4 Å². The van der Waals surface area contributed by atoms with E-state index in [-0.39, 0.29) is 67.9 Å². The van der Waals surface area contributed by atoms with Gasteiger partial charge in [0.15, 0.2) is 11.3 Å². The Labute approximate surface area is 337 Å². The summed E-state index contributed by atoms with van der Waals surface area (Å²) in [5.74, 6) is -3.59. The number of halogens is 1. The minimum atomic E-state index is -1.90. The second-order valence-electron chi connectivity index (χ2n) is 15.3. The highest BCUT2D eigenvalue weighted by molar-refractivity contribution is 9.10. The van der Waals surface area contributed by atoms with E-state index in [4.69, 9.17) is 37.8 Å². The number of methoxy groups -OCH3 is 2. The van der Waals surface area contributed by atoms with Crippen molar-refractivity contribution in [3.8, 4) is 28.7 Å². The molecule has 1 N–H and O–H groups in total. The summed E-state index contributed by atoms with van der Waals surface area (Å²) >= 11 is 3.49. The topological polar surface area (TPSA) is 162 Å². The van der Waals surface area contributed by atoms with Crippen molar-refractivity contribution in [3.63, 3.8) is 0 Å². The molecule has 0 aromatic heterocycles. The third kappa shape index (κ3) is 7.07. The molecule has 2 aromatic rings. The highest BCUT2D eigenvalue weighted by atomic mass is 79.9. The maximum Gasteiger partial charge on any atom is 0.312 e. The van der Waals surface area contributed by atoms with E-state index in [0.29, 0.717) is 27.8 Å². The van der Waals surface area contributed by atoms with Crippen LogP contribution in [0.2, 0.25) is 0 Å². The van der Waals surface area contributed by atoms with Gasteiger partial charge in [-0.1, -0.05) is 54.9 Å². The van der Waals surface area contributed by atoms with Crippen LogP contribution in [0.15, 0.2) is 62.0 Å². The second-order valence-corrected chi connectivity index (χ2v) is 16.2. The lowest BCUT2D eigenvalue weighted by Gasteiger charge is -2.36. The molecule has 7 atom stereocenters. The number of hydrogen-bond donors (Lipinski definition) is 1. The normalized spacial score (nSPS) is 28.5. The quantitative estimate of drug-likeness (QED) is 0.120. The Balaban J connectivity index is 1.67. The second kappa shape index (κ2) is 15.3. The van der Waals surface area contributed by atoms with Crippen LogP contribution in [-0.2, 0) is 23.8 Å². The molecule has 5 aliphatic rings. The zero-order valence-electron chi connectivity index (χ0n) is 33.2. The van der Waals surface area contributed by atoms with Gasteiger partial charge in [0.1, 0.15) is 46.4 Å². The average molecular weight is 846 g/mol. The van der Waals surface area contributed by atoms with Gasteiger partial charge >= 0.3 is 11.8 Å². The van der Waals surface area contributed by atoms with Crippen molar-refractivity contribution < 1.29 is 47.2 Å². The van der Waals surface area contributed by atoms with Gasteiger partial charge in [-0.05, 0) is 56.7 Å². The summed E-state index contributed by atoms with van der Waals surface area (Å²) in [4.78, 5) is 61.8. The van der Waals surface area contributed by atoms with Crippen molar-refractivity contribution in [3.05, 3.63) is 74.1 Å². The molecule has 14 heteroatoms. The molecule has 57 heavy (non-hydrogen) atoms. The van der Waals surface area contributed by atoms with E-state index in [0.717, 1.165) is 6.42 Å². The SMILES string of the molecule is COc1cc(Br)cc2oc3c4c(=O)c5c6c(C)c7c(c5c-3nc12)C(=O)[C@@](C)(O/C=C/[C@H](OC)[C@@H](C)C(OC(C)=O)C(C[C@H](C)CC(C)/C=C/C=C(/C)C(=O)N4)O6)O7. The molecule has 4 heterocycles. The zero-order chi connectivity index (χ0) is 41.1. The van der Waals surface area contributed by atoms with E-state index in [1.165, 1.54) is 34.3 Å². The molecule has 6 bridgehead atoms. The summed E-state index contributed by atoms with van der Waals surface area (Å²) in [6.07, 6.45) is 7.16. The number of Topliss-reactive ketones (excluding diaryl/α,β-unsaturated/α-hetero) is 1. The van der Waals surface area contributed by atoms with Gasteiger partial charge in [-0.2, -0.15) is 0 Å². The number of rotatable bonds is 3. The number of ether oxygens (including phenoxy) is 6. The molecule has 0 radical (unpaired) electrons. The number of amides is 1. The number of anilines is 1. The van der Waals surface area contributed by atoms with Crippen LogP contribution in [-0.4, -0.2) is 61.0 Å². The Morgan fingerprint density at radius 3 is 2.49 bits per heavy atom. The number of fused-ring (bicyclic) bond motifs is 8. The van der Waals surface area contributed by atoms with Crippen LogP contribution in [0.25, 0.3) is 33.3 Å². The predicted molar refractivity (Wildman–Crippen MR) is 216 cm³/mol. The first kappa shape index (κ1) is 40.0. The summed E-state index contributed by atoms with van der Waals surface area (Å²) in [6, 6.07) is 3.37. The minimum absolute atomic E-state index is 0.000549. The number of esters is 1. The van der Waals surface area contributed by atoms with E-state index in [2.05, 4.69) is 35.1 Å². The Bertz CT molecular complexity index is 2450. The highest BCUT2D eigenvalue weighted by Crippen LogP contribution is 2.52. The number of aromatic nitrogens is 1. The lowest BCUT2D eigenvalue weighted by molar-refractivity contribution is -0.159. The molecule has 0 fully saturated rings. The van der Waals surface area contributed by atoms with Crippen LogP contribution in [0, 0.1) is 24.7 Å². The first-order chi connectivity index (χ1) is 27.1. The number of nitrogens with one attached hydrogen (secondary N) is 1. The molecule has 1 amide bonds. The molecule has 4 aliphatic heterocycles. The van der Waals surface area contributed by atoms with Gasteiger partial charge in [0, 0.05) is 47.9 Å². The van der Waals surface area contributed by atoms with E-state index in [1.54, 1.807) is 38.1 Å². The van der Waals surface area contributed by atoms with Gasteiger partial charge in [0.2, 0.25) is 5.43 Å². The van der Waals surface area contributed by atoms with Gasteiger partial charge < -0.3 is 38.2 Å². The summed E-state index contributed by atoms with van der Waals surface area (Å²) in [6.45, 7) is 12.2. The summed E-state index contributed by atoms with van der Waals surface area (Å²) in [7, 11) is 3.00. The van der Waals surface area contributed by atoms with Crippen molar-refractivity contribution in [2.24, 2.45) is 17.8 Å². The summed E-state index contributed by atoms with van der Waals surface area (Å²) < 4.78 is 44.4. The first-order valence-corrected chi connectivity index (χ1v) is 19.6. The van der Waals surface area contributed by atoms with Crippen LogP contribution in [0.3, 0.4) is 0 Å². The molecule has 2 aromatic carbocycles. The summed E-state index contributed by atoms with van der Waals surface area (Å²) in [5, 5.41) is 2.82. The number of carbonyl (C=O) groups excluding carboxylic acids is 3. The monoisotopic (exact) mass is 844 g/mol. The molecule has 13 nitrogen and oxygen atoms in total. The van der Waals surface area contributed by atoms with Crippen LogP contribution in [0.5, 0.6) is 17.2 Å². The summed E-state index contributed by atoms with van der Waals surface area (Å²) in [5.41, 5.74) is 0.318. The fraction of sp³-hybridized carbons (Fsp3) is 0.419. The maximum absolute atomic E-state index is 15.3. The van der Waals surface area contributed by atoms with Gasteiger partial charge in [0.25, 0.3) is 11.7 Å². The fourth-order valence-corrected chi connectivity index (χ4v) is 8.53. The lowest BCUT2D eigenvalue weighted by atomic mass is 9.85. The molecule has 1 aliphatic carbocycles. The molecule has 0 spiro atoms. The maximum atomic E-state index is 15.3.